The smallest absolute Gasteiger partial charge is 0.481 e. The molecule has 0 aliphatic carbocycles. The van der Waals surface area contributed by atoms with Crippen LogP contribution in [0.2, 0.25) is 0 Å². The number of aliphatic carboxylic acids is 2. The summed E-state index contributed by atoms with van der Waals surface area (Å²) < 4.78 is 28.7. The molecule has 1 atom stereocenters. The molecule has 0 saturated heterocycles. The summed E-state index contributed by atoms with van der Waals surface area (Å²) in [6, 6.07) is 12.5. The van der Waals surface area contributed by atoms with Gasteiger partial charge in [0.25, 0.3) is 10.1 Å². The van der Waals surface area contributed by atoms with Gasteiger partial charge in [-0.25, -0.2) is 0 Å². The molecule has 1 unspecified atom stereocenters. The average Bonchev–Trinajstić information content (AvgIpc) is 2.27. The number of carboxylic acids is 2. The average molecular weight is 298 g/mol. The maximum absolute atomic E-state index is 10.2. The van der Waals surface area contributed by atoms with Gasteiger partial charge in [-0.15, -0.1) is 0 Å². The second-order valence-electron chi connectivity index (χ2n) is 3.02. The van der Waals surface area contributed by atoms with Crippen molar-refractivity contribution in [3.8, 4) is 0 Å². The molecule has 0 bridgehead atoms. The van der Waals surface area contributed by atoms with E-state index in [9.17, 15) is 18.0 Å². The summed E-state index contributed by atoms with van der Waals surface area (Å²) in [7, 11) is -4.84. The molecular formula is C10H11NaO7S. The number of carbonyl (C=O) groups is 2. The quantitative estimate of drug-likeness (QED) is 0.313. The van der Waals surface area contributed by atoms with Gasteiger partial charge in [0.1, 0.15) is 0 Å². The minimum atomic E-state index is -4.84. The first-order chi connectivity index (χ1) is 8.25. The summed E-state index contributed by atoms with van der Waals surface area (Å²) in [5.41, 5.74) is 0. The zero-order valence-electron chi connectivity index (χ0n) is 10.1. The van der Waals surface area contributed by atoms with Gasteiger partial charge >= 0.3 is 41.5 Å². The standard InChI is InChI=1S/C6H5.C4H6O7S.Na/c1-2-4-6-5-3-1;5-3(6)1-2(4(7)8)12(9,10)11;/h1-5H;2H,1H2,(H,5,6)(H,7,8)(H,9,10,11);/q-1;;+1. The summed E-state index contributed by atoms with van der Waals surface area (Å²) in [6.07, 6.45) is -1.16. The predicted octanol–water partition coefficient (Wildman–Crippen LogP) is -2.71. The molecule has 0 fully saturated rings. The van der Waals surface area contributed by atoms with Crippen LogP contribution in [0.15, 0.2) is 30.3 Å². The Balaban J connectivity index is 0. The van der Waals surface area contributed by atoms with Crippen molar-refractivity contribution in [1.29, 1.82) is 0 Å². The van der Waals surface area contributed by atoms with E-state index >= 15 is 0 Å². The first-order valence-electron chi connectivity index (χ1n) is 4.57. The Morgan fingerprint density at radius 1 is 1.11 bits per heavy atom. The van der Waals surface area contributed by atoms with Crippen molar-refractivity contribution in [2.75, 3.05) is 0 Å². The summed E-state index contributed by atoms with van der Waals surface area (Å²) in [6.45, 7) is 0. The van der Waals surface area contributed by atoms with Gasteiger partial charge < -0.3 is 10.2 Å². The molecule has 0 heterocycles. The van der Waals surface area contributed by atoms with Gasteiger partial charge in [-0.1, -0.05) is 0 Å². The zero-order valence-corrected chi connectivity index (χ0v) is 12.9. The van der Waals surface area contributed by atoms with E-state index in [-0.39, 0.29) is 29.6 Å². The molecule has 0 aromatic heterocycles. The van der Waals surface area contributed by atoms with Crippen LogP contribution in [0.4, 0.5) is 0 Å². The van der Waals surface area contributed by atoms with Crippen molar-refractivity contribution in [3.63, 3.8) is 0 Å². The minimum absolute atomic E-state index is 0. The molecule has 19 heavy (non-hydrogen) atoms. The molecular weight excluding hydrogens is 287 g/mol. The third kappa shape index (κ3) is 10.7. The minimum Gasteiger partial charge on any atom is -0.481 e. The summed E-state index contributed by atoms with van der Waals surface area (Å²) in [5.74, 6) is -3.50. The van der Waals surface area contributed by atoms with Crippen molar-refractivity contribution in [1.82, 2.24) is 0 Å². The van der Waals surface area contributed by atoms with E-state index in [0.717, 1.165) is 0 Å². The molecule has 3 N–H and O–H groups in total. The Morgan fingerprint density at radius 2 is 1.58 bits per heavy atom. The number of rotatable bonds is 4. The third-order valence-electron chi connectivity index (χ3n) is 1.60. The molecule has 100 valence electrons. The van der Waals surface area contributed by atoms with E-state index in [1.54, 1.807) is 0 Å². The van der Waals surface area contributed by atoms with Gasteiger partial charge in [0.05, 0.1) is 6.42 Å². The molecule has 0 aliphatic rings. The molecule has 0 amide bonds. The maximum atomic E-state index is 10.2. The van der Waals surface area contributed by atoms with Crippen LogP contribution in [0, 0.1) is 6.07 Å². The van der Waals surface area contributed by atoms with Gasteiger partial charge in [-0.2, -0.15) is 44.8 Å². The molecule has 0 aliphatic heterocycles. The summed E-state index contributed by atoms with van der Waals surface area (Å²) in [5, 5.41) is 13.9. The normalized spacial score (nSPS) is 11.2. The molecule has 0 spiro atoms. The Morgan fingerprint density at radius 3 is 1.68 bits per heavy atom. The molecule has 1 aromatic rings. The van der Waals surface area contributed by atoms with Gasteiger partial charge in [-0.3, -0.25) is 14.1 Å². The Labute approximate surface area is 132 Å². The van der Waals surface area contributed by atoms with Gasteiger partial charge in [0, 0.05) is 0 Å². The predicted molar refractivity (Wildman–Crippen MR) is 60.5 cm³/mol. The molecule has 0 radical (unpaired) electrons. The third-order valence-corrected chi connectivity index (χ3v) is 2.69. The fourth-order valence-corrected chi connectivity index (χ4v) is 1.43. The van der Waals surface area contributed by atoms with E-state index < -0.39 is 33.7 Å². The SMILES string of the molecule is O=C(O)CC(C(=O)O)S(=O)(=O)O.[Na+].[c-]1ccccc1. The van der Waals surface area contributed by atoms with Crippen LogP contribution in [-0.4, -0.2) is 40.4 Å². The van der Waals surface area contributed by atoms with Crippen molar-refractivity contribution in [2.45, 2.75) is 11.7 Å². The number of hydrogen-bond acceptors (Lipinski definition) is 4. The molecule has 1 aromatic carbocycles. The topological polar surface area (TPSA) is 129 Å². The Kier molecular flexibility index (Phi) is 10.7. The van der Waals surface area contributed by atoms with Gasteiger partial charge in [0.15, 0.2) is 5.25 Å². The van der Waals surface area contributed by atoms with Crippen LogP contribution >= 0.6 is 0 Å². The Hall–Kier alpha value is -0.930. The van der Waals surface area contributed by atoms with Crippen LogP contribution in [0.5, 0.6) is 0 Å². The number of carboxylic acid groups (broad SMARTS) is 2. The van der Waals surface area contributed by atoms with E-state index in [0.29, 0.717) is 0 Å². The van der Waals surface area contributed by atoms with Crippen molar-refractivity contribution in [3.05, 3.63) is 36.4 Å². The van der Waals surface area contributed by atoms with Crippen LogP contribution in [0.25, 0.3) is 0 Å². The molecule has 7 nitrogen and oxygen atoms in total. The van der Waals surface area contributed by atoms with Crippen molar-refractivity contribution in [2.24, 2.45) is 0 Å². The summed E-state index contributed by atoms with van der Waals surface area (Å²) in [4.78, 5) is 20.0. The van der Waals surface area contributed by atoms with E-state index in [1.165, 1.54) is 0 Å². The monoisotopic (exact) mass is 298 g/mol. The van der Waals surface area contributed by atoms with Crippen LogP contribution in [0.1, 0.15) is 6.42 Å². The van der Waals surface area contributed by atoms with Crippen LogP contribution in [-0.2, 0) is 19.7 Å². The Bertz CT molecular complexity index is 459. The second kappa shape index (κ2) is 9.93. The van der Waals surface area contributed by atoms with Gasteiger partial charge in [0.2, 0.25) is 0 Å². The largest absolute Gasteiger partial charge is 1.00 e. The van der Waals surface area contributed by atoms with Crippen LogP contribution < -0.4 is 29.6 Å². The van der Waals surface area contributed by atoms with E-state index in [4.69, 9.17) is 14.8 Å². The first kappa shape index (κ1) is 20.4. The number of benzene rings is 1. The van der Waals surface area contributed by atoms with Crippen molar-refractivity contribution < 1.29 is 62.3 Å². The van der Waals surface area contributed by atoms with E-state index in [1.807, 2.05) is 30.3 Å². The first-order valence-corrected chi connectivity index (χ1v) is 6.07. The van der Waals surface area contributed by atoms with E-state index in [2.05, 4.69) is 6.07 Å². The second-order valence-corrected chi connectivity index (χ2v) is 4.62. The fourth-order valence-electron chi connectivity index (χ4n) is 0.821. The molecule has 0 saturated carbocycles. The maximum Gasteiger partial charge on any atom is 1.00 e. The zero-order chi connectivity index (χ0) is 14.2. The molecule has 1 rings (SSSR count). The fraction of sp³-hybridized carbons (Fsp3) is 0.200. The summed E-state index contributed by atoms with van der Waals surface area (Å²) >= 11 is 0. The molecule has 9 heteroatoms. The van der Waals surface area contributed by atoms with Crippen LogP contribution in [0.3, 0.4) is 0 Å². The van der Waals surface area contributed by atoms with Crippen molar-refractivity contribution >= 4 is 22.1 Å². The van der Waals surface area contributed by atoms with Gasteiger partial charge in [-0.05, 0) is 0 Å². The number of hydrogen-bond donors (Lipinski definition) is 3.